The highest BCUT2D eigenvalue weighted by molar-refractivity contribution is 4.98. The van der Waals surface area contributed by atoms with Crippen molar-refractivity contribution in [2.45, 2.75) is 44.2 Å². The standard InChI is InChI=1S/C11H19NO/c1-3-10(12-2)7-8-11-6-4-5-9-13-11/h1,10-12H,4-9H2,2H3. The van der Waals surface area contributed by atoms with Crippen LogP contribution in [0.15, 0.2) is 0 Å². The summed E-state index contributed by atoms with van der Waals surface area (Å²) in [6.45, 7) is 0.935. The van der Waals surface area contributed by atoms with Crippen LogP contribution in [-0.4, -0.2) is 25.8 Å². The fraction of sp³-hybridized carbons (Fsp3) is 0.818. The fourth-order valence-corrected chi connectivity index (χ4v) is 1.70. The summed E-state index contributed by atoms with van der Waals surface area (Å²) in [4.78, 5) is 0. The van der Waals surface area contributed by atoms with Gasteiger partial charge in [0.2, 0.25) is 0 Å². The van der Waals surface area contributed by atoms with Gasteiger partial charge in [0.25, 0.3) is 0 Å². The van der Waals surface area contributed by atoms with Crippen molar-refractivity contribution < 1.29 is 4.74 Å². The molecule has 1 aliphatic rings. The maximum atomic E-state index is 5.62. The summed E-state index contributed by atoms with van der Waals surface area (Å²) in [6.07, 6.45) is 11.7. The maximum Gasteiger partial charge on any atom is 0.0685 e. The number of rotatable bonds is 4. The lowest BCUT2D eigenvalue weighted by Crippen LogP contribution is -2.26. The zero-order valence-electron chi connectivity index (χ0n) is 8.38. The van der Waals surface area contributed by atoms with Gasteiger partial charge in [-0.05, 0) is 39.2 Å². The van der Waals surface area contributed by atoms with E-state index < -0.39 is 0 Å². The van der Waals surface area contributed by atoms with Crippen LogP contribution in [0.3, 0.4) is 0 Å². The van der Waals surface area contributed by atoms with Gasteiger partial charge in [-0.2, -0.15) is 0 Å². The smallest absolute Gasteiger partial charge is 0.0685 e. The molecule has 0 aliphatic carbocycles. The van der Waals surface area contributed by atoms with E-state index >= 15 is 0 Å². The summed E-state index contributed by atoms with van der Waals surface area (Å²) in [7, 11) is 1.91. The summed E-state index contributed by atoms with van der Waals surface area (Å²) in [5, 5.41) is 3.10. The Morgan fingerprint density at radius 1 is 1.62 bits per heavy atom. The highest BCUT2D eigenvalue weighted by Crippen LogP contribution is 2.17. The molecule has 0 aromatic heterocycles. The molecule has 0 spiro atoms. The zero-order valence-corrected chi connectivity index (χ0v) is 8.38. The van der Waals surface area contributed by atoms with Crippen molar-refractivity contribution in [3.8, 4) is 12.3 Å². The Balaban J connectivity index is 2.13. The second-order valence-electron chi connectivity index (χ2n) is 3.57. The lowest BCUT2D eigenvalue weighted by atomic mass is 10.0. The minimum Gasteiger partial charge on any atom is -0.378 e. The van der Waals surface area contributed by atoms with E-state index in [0.717, 1.165) is 19.4 Å². The van der Waals surface area contributed by atoms with Crippen LogP contribution in [0.2, 0.25) is 0 Å². The second kappa shape index (κ2) is 6.01. The van der Waals surface area contributed by atoms with Crippen molar-refractivity contribution in [1.29, 1.82) is 0 Å². The van der Waals surface area contributed by atoms with Crippen molar-refractivity contribution in [3.05, 3.63) is 0 Å². The molecule has 0 saturated carbocycles. The van der Waals surface area contributed by atoms with Crippen LogP contribution in [0.5, 0.6) is 0 Å². The van der Waals surface area contributed by atoms with E-state index in [4.69, 9.17) is 11.2 Å². The van der Waals surface area contributed by atoms with Crippen LogP contribution in [0.1, 0.15) is 32.1 Å². The summed E-state index contributed by atoms with van der Waals surface area (Å²) < 4.78 is 5.62. The average molecular weight is 181 g/mol. The lowest BCUT2D eigenvalue weighted by molar-refractivity contribution is 0.00948. The van der Waals surface area contributed by atoms with Gasteiger partial charge in [-0.15, -0.1) is 6.42 Å². The van der Waals surface area contributed by atoms with Crippen LogP contribution in [-0.2, 0) is 4.74 Å². The summed E-state index contributed by atoms with van der Waals surface area (Å²) in [5.74, 6) is 2.72. The normalized spacial score (nSPS) is 25.1. The van der Waals surface area contributed by atoms with Gasteiger partial charge < -0.3 is 10.1 Å². The first-order valence-corrected chi connectivity index (χ1v) is 5.12. The summed E-state index contributed by atoms with van der Waals surface area (Å²) >= 11 is 0. The molecular weight excluding hydrogens is 162 g/mol. The molecule has 0 aromatic carbocycles. The zero-order chi connectivity index (χ0) is 9.52. The van der Waals surface area contributed by atoms with Gasteiger partial charge in [0.1, 0.15) is 0 Å². The molecule has 1 aliphatic heterocycles. The molecule has 1 saturated heterocycles. The van der Waals surface area contributed by atoms with Gasteiger partial charge in [-0.3, -0.25) is 0 Å². The third kappa shape index (κ3) is 3.80. The molecule has 74 valence electrons. The molecule has 0 amide bonds. The van der Waals surface area contributed by atoms with Crippen LogP contribution >= 0.6 is 0 Å². The van der Waals surface area contributed by atoms with E-state index in [1.165, 1.54) is 19.3 Å². The summed E-state index contributed by atoms with van der Waals surface area (Å²) in [6, 6.07) is 0.213. The van der Waals surface area contributed by atoms with Gasteiger partial charge in [0.15, 0.2) is 0 Å². The highest BCUT2D eigenvalue weighted by Gasteiger charge is 2.14. The first kappa shape index (κ1) is 10.6. The van der Waals surface area contributed by atoms with E-state index in [1.54, 1.807) is 0 Å². The molecule has 0 aromatic rings. The van der Waals surface area contributed by atoms with Gasteiger partial charge in [0.05, 0.1) is 12.1 Å². The molecule has 0 bridgehead atoms. The monoisotopic (exact) mass is 181 g/mol. The molecule has 2 nitrogen and oxygen atoms in total. The molecule has 1 rings (SSSR count). The topological polar surface area (TPSA) is 21.3 Å². The fourth-order valence-electron chi connectivity index (χ4n) is 1.70. The van der Waals surface area contributed by atoms with E-state index in [1.807, 2.05) is 7.05 Å². The maximum absolute atomic E-state index is 5.62. The minimum absolute atomic E-state index is 0.213. The summed E-state index contributed by atoms with van der Waals surface area (Å²) in [5.41, 5.74) is 0. The van der Waals surface area contributed by atoms with Crippen LogP contribution < -0.4 is 5.32 Å². The van der Waals surface area contributed by atoms with Crippen LogP contribution in [0, 0.1) is 12.3 Å². The van der Waals surface area contributed by atoms with E-state index in [-0.39, 0.29) is 6.04 Å². The van der Waals surface area contributed by atoms with Crippen LogP contribution in [0.25, 0.3) is 0 Å². The van der Waals surface area contributed by atoms with E-state index in [2.05, 4.69) is 11.2 Å². The Morgan fingerprint density at radius 2 is 2.46 bits per heavy atom. The Labute approximate surface area is 81.0 Å². The lowest BCUT2D eigenvalue weighted by Gasteiger charge is -2.23. The first-order valence-electron chi connectivity index (χ1n) is 5.12. The number of nitrogens with one attached hydrogen (secondary N) is 1. The van der Waals surface area contributed by atoms with Crippen molar-refractivity contribution in [2.24, 2.45) is 0 Å². The molecule has 2 unspecified atom stereocenters. The Kier molecular flexibility index (Phi) is 4.88. The van der Waals surface area contributed by atoms with Crippen molar-refractivity contribution >= 4 is 0 Å². The second-order valence-corrected chi connectivity index (χ2v) is 3.57. The number of ether oxygens (including phenoxy) is 1. The number of hydrogen-bond donors (Lipinski definition) is 1. The van der Waals surface area contributed by atoms with Crippen molar-refractivity contribution in [3.63, 3.8) is 0 Å². The predicted molar refractivity (Wildman–Crippen MR) is 54.5 cm³/mol. The largest absolute Gasteiger partial charge is 0.378 e. The molecule has 2 atom stereocenters. The Hall–Kier alpha value is -0.520. The van der Waals surface area contributed by atoms with Gasteiger partial charge >= 0.3 is 0 Å². The number of hydrogen-bond acceptors (Lipinski definition) is 2. The molecule has 1 heterocycles. The van der Waals surface area contributed by atoms with Crippen molar-refractivity contribution in [1.82, 2.24) is 5.32 Å². The number of terminal acetylenes is 1. The minimum atomic E-state index is 0.213. The third-order valence-electron chi connectivity index (χ3n) is 2.60. The molecular formula is C11H19NO. The van der Waals surface area contributed by atoms with E-state index in [9.17, 15) is 0 Å². The Morgan fingerprint density at radius 3 is 3.00 bits per heavy atom. The van der Waals surface area contributed by atoms with Crippen LogP contribution in [0.4, 0.5) is 0 Å². The molecule has 13 heavy (non-hydrogen) atoms. The third-order valence-corrected chi connectivity index (χ3v) is 2.60. The average Bonchev–Trinajstić information content (AvgIpc) is 2.21. The van der Waals surface area contributed by atoms with Gasteiger partial charge in [-0.25, -0.2) is 0 Å². The highest BCUT2D eigenvalue weighted by atomic mass is 16.5. The quantitative estimate of drug-likeness (QED) is 0.664. The molecule has 1 N–H and O–H groups in total. The predicted octanol–water partition coefficient (Wildman–Crippen LogP) is 1.56. The van der Waals surface area contributed by atoms with Gasteiger partial charge in [-0.1, -0.05) is 5.92 Å². The Bertz CT molecular complexity index is 167. The first-order chi connectivity index (χ1) is 6.36. The van der Waals surface area contributed by atoms with E-state index in [0.29, 0.717) is 6.10 Å². The molecule has 2 heteroatoms. The van der Waals surface area contributed by atoms with Crippen molar-refractivity contribution in [2.75, 3.05) is 13.7 Å². The molecule has 1 fully saturated rings. The van der Waals surface area contributed by atoms with Gasteiger partial charge in [0, 0.05) is 6.61 Å². The SMILES string of the molecule is C#CC(CCC1CCCCO1)NC. The molecule has 0 radical (unpaired) electrons.